The summed E-state index contributed by atoms with van der Waals surface area (Å²) in [6.45, 7) is 0.0843. The largest absolute Gasteiger partial charge is 0.383 e. The predicted octanol–water partition coefficient (Wildman–Crippen LogP) is 2.41. The van der Waals surface area contributed by atoms with Gasteiger partial charge >= 0.3 is 0 Å². The fourth-order valence-electron chi connectivity index (χ4n) is 3.64. The molecule has 1 fully saturated rings. The van der Waals surface area contributed by atoms with Crippen LogP contribution in [0.2, 0.25) is 0 Å². The summed E-state index contributed by atoms with van der Waals surface area (Å²) in [5.74, 6) is -0.896. The number of hydrogen-bond donors (Lipinski definition) is 2. The summed E-state index contributed by atoms with van der Waals surface area (Å²) in [5.41, 5.74) is 5.95. The molecule has 0 bridgehead atoms. The molecule has 28 heavy (non-hydrogen) atoms. The number of benzene rings is 2. The van der Waals surface area contributed by atoms with E-state index < -0.39 is 17.7 Å². The van der Waals surface area contributed by atoms with Gasteiger partial charge in [0.05, 0.1) is 23.7 Å². The van der Waals surface area contributed by atoms with Gasteiger partial charge < -0.3 is 16.0 Å². The number of amides is 1. The Morgan fingerprint density at radius 1 is 1.32 bits per heavy atom. The van der Waals surface area contributed by atoms with Crippen LogP contribution < -0.4 is 11.1 Å². The number of piperidine rings is 1. The molecule has 1 saturated heterocycles. The zero-order chi connectivity index (χ0) is 19.9. The molecule has 2 aliphatic heterocycles. The van der Waals surface area contributed by atoms with Gasteiger partial charge in [-0.25, -0.2) is 13.8 Å². The molecule has 2 aromatic rings. The average Bonchev–Trinajstić information content (AvgIpc) is 2.69. The minimum Gasteiger partial charge on any atom is -0.383 e. The molecule has 8 heteroatoms. The fourth-order valence-corrected chi connectivity index (χ4v) is 3.64. The first kappa shape index (κ1) is 17.9. The molecule has 142 valence electrons. The highest BCUT2D eigenvalue weighted by Gasteiger charge is 2.47. The molecule has 2 atom stereocenters. The van der Waals surface area contributed by atoms with Gasteiger partial charge in [0.1, 0.15) is 11.7 Å². The smallest absolute Gasteiger partial charge is 0.253 e. The first-order chi connectivity index (χ1) is 13.4. The van der Waals surface area contributed by atoms with Crippen molar-refractivity contribution in [2.24, 2.45) is 10.7 Å². The number of nitrogens with two attached hydrogens (primary N) is 1. The van der Waals surface area contributed by atoms with Crippen molar-refractivity contribution in [1.82, 2.24) is 4.90 Å². The quantitative estimate of drug-likeness (QED) is 0.793. The van der Waals surface area contributed by atoms with Crippen molar-refractivity contribution in [1.29, 1.82) is 5.26 Å². The highest BCUT2D eigenvalue weighted by molar-refractivity contribution is 6.04. The highest BCUT2D eigenvalue weighted by Crippen LogP contribution is 2.36. The maximum atomic E-state index is 15.2. The summed E-state index contributed by atoms with van der Waals surface area (Å²) in [6.07, 6.45) is -1.34. The molecule has 1 amide bonds. The van der Waals surface area contributed by atoms with Gasteiger partial charge in [0, 0.05) is 24.2 Å². The van der Waals surface area contributed by atoms with Crippen LogP contribution in [0.3, 0.4) is 0 Å². The standard InChI is InChI=1S/C20H17F2N5O/c21-14-2-1-3-15-17(14)18(24)26-20(25-15)8-9-27(11-16(20)22)19(28)13-6-4-12(10-23)5-7-13/h1-7,16,25H,8-9,11H2,(H2,24,26)/t16-,20-/m0/s1. The van der Waals surface area contributed by atoms with Crippen LogP contribution in [0.5, 0.6) is 0 Å². The van der Waals surface area contributed by atoms with Crippen LogP contribution in [0.4, 0.5) is 14.5 Å². The molecule has 4 rings (SSSR count). The van der Waals surface area contributed by atoms with Gasteiger partial charge in [0.2, 0.25) is 0 Å². The number of aliphatic imine (C=N–C) groups is 1. The third-order valence-corrected chi connectivity index (χ3v) is 5.15. The highest BCUT2D eigenvalue weighted by atomic mass is 19.1. The Hall–Kier alpha value is -3.47. The number of halogens is 2. The number of hydrogen-bond acceptors (Lipinski definition) is 5. The number of amidine groups is 1. The van der Waals surface area contributed by atoms with Crippen molar-refractivity contribution in [3.05, 3.63) is 65.0 Å². The van der Waals surface area contributed by atoms with Crippen LogP contribution in [0, 0.1) is 17.1 Å². The van der Waals surface area contributed by atoms with Crippen molar-refractivity contribution >= 4 is 17.4 Å². The van der Waals surface area contributed by atoms with Crippen molar-refractivity contribution in [2.45, 2.75) is 18.3 Å². The minimum absolute atomic E-state index is 0.0543. The molecule has 6 nitrogen and oxygen atoms in total. The topological polar surface area (TPSA) is 94.5 Å². The summed E-state index contributed by atoms with van der Waals surface area (Å²) < 4.78 is 29.2. The first-order valence-electron chi connectivity index (χ1n) is 8.79. The molecule has 0 unspecified atom stereocenters. The zero-order valence-electron chi connectivity index (χ0n) is 14.8. The van der Waals surface area contributed by atoms with Crippen LogP contribution in [0.15, 0.2) is 47.5 Å². The number of anilines is 1. The summed E-state index contributed by atoms with van der Waals surface area (Å²) in [6, 6.07) is 12.6. The number of alkyl halides is 1. The number of rotatable bonds is 1. The van der Waals surface area contributed by atoms with Crippen molar-refractivity contribution in [3.8, 4) is 6.07 Å². The maximum absolute atomic E-state index is 15.2. The molecule has 3 N–H and O–H groups in total. The van der Waals surface area contributed by atoms with Gasteiger partial charge in [0.25, 0.3) is 5.91 Å². The Morgan fingerprint density at radius 2 is 2.07 bits per heavy atom. The lowest BCUT2D eigenvalue weighted by atomic mass is 9.91. The van der Waals surface area contributed by atoms with Gasteiger partial charge in [-0.05, 0) is 36.4 Å². The second-order valence-corrected chi connectivity index (χ2v) is 6.87. The van der Waals surface area contributed by atoms with E-state index in [9.17, 15) is 9.18 Å². The third-order valence-electron chi connectivity index (χ3n) is 5.15. The summed E-state index contributed by atoms with van der Waals surface area (Å²) in [4.78, 5) is 18.3. The van der Waals surface area contributed by atoms with E-state index in [2.05, 4.69) is 10.3 Å². The van der Waals surface area contributed by atoms with Crippen LogP contribution in [0.1, 0.15) is 27.9 Å². The van der Waals surface area contributed by atoms with E-state index in [1.807, 2.05) is 6.07 Å². The molecule has 0 radical (unpaired) electrons. The lowest BCUT2D eigenvalue weighted by Gasteiger charge is -2.44. The Kier molecular flexibility index (Phi) is 4.23. The van der Waals surface area contributed by atoms with Gasteiger partial charge in [0.15, 0.2) is 11.8 Å². The molecular weight excluding hydrogens is 364 g/mol. The van der Waals surface area contributed by atoms with Crippen molar-refractivity contribution in [2.75, 3.05) is 18.4 Å². The fraction of sp³-hybridized carbons (Fsp3) is 0.250. The van der Waals surface area contributed by atoms with Crippen LogP contribution in [0.25, 0.3) is 0 Å². The lowest BCUT2D eigenvalue weighted by molar-refractivity contribution is 0.0494. The number of nitriles is 1. The van der Waals surface area contributed by atoms with Gasteiger partial charge in [-0.2, -0.15) is 5.26 Å². The van der Waals surface area contributed by atoms with Gasteiger partial charge in [-0.3, -0.25) is 4.79 Å². The van der Waals surface area contributed by atoms with Gasteiger partial charge in [-0.15, -0.1) is 0 Å². The van der Waals surface area contributed by atoms with E-state index in [1.54, 1.807) is 30.3 Å². The normalized spacial score (nSPS) is 23.4. The van der Waals surface area contributed by atoms with E-state index in [0.29, 0.717) is 16.8 Å². The predicted molar refractivity (Wildman–Crippen MR) is 100 cm³/mol. The molecule has 2 aromatic carbocycles. The number of nitrogens with one attached hydrogen (secondary N) is 1. The van der Waals surface area contributed by atoms with E-state index in [-0.39, 0.29) is 36.8 Å². The van der Waals surface area contributed by atoms with E-state index in [1.165, 1.54) is 17.0 Å². The van der Waals surface area contributed by atoms with Crippen LogP contribution in [-0.2, 0) is 0 Å². The Labute approximate surface area is 160 Å². The SMILES string of the molecule is N#Cc1ccc(C(=O)N2CC[C@]3(N=C(N)c4c(F)cccc4N3)[C@@H](F)C2)cc1. The van der Waals surface area contributed by atoms with E-state index >= 15 is 4.39 Å². The second-order valence-electron chi connectivity index (χ2n) is 6.87. The molecular formula is C20H17F2N5O. The average molecular weight is 381 g/mol. The lowest BCUT2D eigenvalue weighted by Crippen LogP contribution is -2.59. The number of carbonyl (C=O) groups is 1. The minimum atomic E-state index is -1.53. The number of fused-ring (bicyclic) bond motifs is 1. The molecule has 1 spiro atoms. The molecule has 2 heterocycles. The molecule has 2 aliphatic rings. The van der Waals surface area contributed by atoms with Crippen LogP contribution >= 0.6 is 0 Å². The summed E-state index contributed by atoms with van der Waals surface area (Å²) in [7, 11) is 0. The van der Waals surface area contributed by atoms with Gasteiger partial charge in [-0.1, -0.05) is 6.07 Å². The Morgan fingerprint density at radius 3 is 2.75 bits per heavy atom. The van der Waals surface area contributed by atoms with E-state index in [4.69, 9.17) is 11.0 Å². The zero-order valence-corrected chi connectivity index (χ0v) is 14.8. The Balaban J connectivity index is 1.55. The molecule has 0 aliphatic carbocycles. The summed E-state index contributed by atoms with van der Waals surface area (Å²) >= 11 is 0. The Bertz CT molecular complexity index is 1010. The van der Waals surface area contributed by atoms with Crippen molar-refractivity contribution in [3.63, 3.8) is 0 Å². The van der Waals surface area contributed by atoms with Crippen LogP contribution in [-0.4, -0.2) is 41.6 Å². The molecule has 0 aromatic heterocycles. The summed E-state index contributed by atoms with van der Waals surface area (Å²) in [5, 5.41) is 11.8. The third kappa shape index (κ3) is 2.85. The van der Waals surface area contributed by atoms with E-state index in [0.717, 1.165) is 0 Å². The number of nitrogens with zero attached hydrogens (tertiary/aromatic N) is 3. The first-order valence-corrected chi connectivity index (χ1v) is 8.79. The molecule has 0 saturated carbocycles. The number of likely N-dealkylation sites (tertiary alicyclic amines) is 1. The number of carbonyl (C=O) groups excluding carboxylic acids is 1. The monoisotopic (exact) mass is 381 g/mol. The maximum Gasteiger partial charge on any atom is 0.253 e. The second kappa shape index (κ2) is 6.60. The van der Waals surface area contributed by atoms with Crippen molar-refractivity contribution < 1.29 is 13.6 Å².